The molecule has 0 bridgehead atoms. The van der Waals surface area contributed by atoms with Crippen LogP contribution in [0.3, 0.4) is 0 Å². The summed E-state index contributed by atoms with van der Waals surface area (Å²) in [5.74, 6) is -5.74. The number of oxazole rings is 1. The first-order chi connectivity index (χ1) is 17.2. The van der Waals surface area contributed by atoms with Crippen LogP contribution >= 0.6 is 12.2 Å². The number of aliphatic hydroxyl groups excluding tert-OH is 1. The zero-order chi connectivity index (χ0) is 27.9. The van der Waals surface area contributed by atoms with E-state index in [2.05, 4.69) is 27.8 Å². The van der Waals surface area contributed by atoms with Crippen LogP contribution in [0, 0.1) is 11.6 Å². The molecule has 2 aromatic rings. The van der Waals surface area contributed by atoms with Crippen LogP contribution in [0.2, 0.25) is 0 Å². The van der Waals surface area contributed by atoms with Gasteiger partial charge in [-0.15, -0.1) is 0 Å². The minimum absolute atomic E-state index is 0.0148. The second-order valence-electron chi connectivity index (χ2n) is 8.08. The third-order valence-electron chi connectivity index (χ3n) is 4.93. The summed E-state index contributed by atoms with van der Waals surface area (Å²) >= 11 is 4.53. The van der Waals surface area contributed by atoms with Crippen molar-refractivity contribution in [2.24, 2.45) is 5.73 Å². The summed E-state index contributed by atoms with van der Waals surface area (Å²) < 4.78 is 70.2. The lowest BCUT2D eigenvalue weighted by Crippen LogP contribution is -2.53. The number of ketones is 1. The monoisotopic (exact) mass is 550 g/mol. The number of nitrogens with zero attached hydrogens (tertiary/aromatic N) is 1. The number of aromatic nitrogens is 1. The van der Waals surface area contributed by atoms with Gasteiger partial charge in [-0.25, -0.2) is 13.8 Å². The average Bonchev–Trinajstić information content (AvgIpc) is 3.27. The second kappa shape index (κ2) is 12.7. The van der Waals surface area contributed by atoms with Crippen molar-refractivity contribution in [3.63, 3.8) is 0 Å². The van der Waals surface area contributed by atoms with E-state index in [1.54, 1.807) is 0 Å². The molecule has 5 N–H and O–H groups in total. The van der Waals surface area contributed by atoms with Gasteiger partial charge in [-0.1, -0.05) is 12.2 Å². The molecule has 0 fully saturated rings. The topological polar surface area (TPSA) is 148 Å². The van der Waals surface area contributed by atoms with E-state index in [1.165, 1.54) is 6.92 Å². The van der Waals surface area contributed by atoms with Crippen molar-refractivity contribution in [2.45, 2.75) is 57.0 Å². The number of hydrogen-bond acceptors (Lipinski definition) is 7. The molecule has 0 aliphatic rings. The van der Waals surface area contributed by atoms with Gasteiger partial charge in [0.05, 0.1) is 18.3 Å². The molecule has 0 saturated heterocycles. The van der Waals surface area contributed by atoms with E-state index >= 15 is 0 Å². The number of nitrogens with two attached hydrogens (primary N) is 1. The van der Waals surface area contributed by atoms with E-state index in [0.717, 1.165) is 18.3 Å². The summed E-state index contributed by atoms with van der Waals surface area (Å²) in [6, 6.07) is -0.701. The van der Waals surface area contributed by atoms with Crippen molar-refractivity contribution in [1.82, 2.24) is 15.6 Å². The smallest absolute Gasteiger partial charge is 0.389 e. The summed E-state index contributed by atoms with van der Waals surface area (Å²) in [6.07, 6.45) is -7.08. The van der Waals surface area contributed by atoms with Gasteiger partial charge in [0.2, 0.25) is 23.3 Å². The highest BCUT2D eigenvalue weighted by Gasteiger charge is 2.33. The molecule has 2 rings (SSSR count). The molecule has 37 heavy (non-hydrogen) atoms. The first-order valence-electron chi connectivity index (χ1n) is 10.8. The van der Waals surface area contributed by atoms with Crippen molar-refractivity contribution in [2.75, 3.05) is 0 Å². The quantitative estimate of drug-likeness (QED) is 0.233. The second-order valence-corrected chi connectivity index (χ2v) is 8.52. The Morgan fingerprint density at radius 3 is 2.24 bits per heavy atom. The average molecular weight is 551 g/mol. The Morgan fingerprint density at radius 1 is 1.08 bits per heavy atom. The molecule has 1 heterocycles. The van der Waals surface area contributed by atoms with Crippen molar-refractivity contribution in [3.8, 4) is 11.5 Å². The Balaban J connectivity index is 2.21. The van der Waals surface area contributed by atoms with Gasteiger partial charge in [0.25, 0.3) is 5.91 Å². The number of nitrogens with one attached hydrogen (secondary N) is 2. The Labute approximate surface area is 212 Å². The highest BCUT2D eigenvalue weighted by atomic mass is 32.1. The molecule has 1 aromatic carbocycles. The summed E-state index contributed by atoms with van der Waals surface area (Å²) in [4.78, 5) is 40.7. The molecule has 9 nitrogen and oxygen atoms in total. The number of thiocarbonyl (C=S) groups is 1. The number of alkyl halides is 3. The molecule has 202 valence electrons. The van der Waals surface area contributed by atoms with Gasteiger partial charge in [-0.3, -0.25) is 14.4 Å². The Kier molecular flexibility index (Phi) is 10.2. The Morgan fingerprint density at radius 2 is 1.70 bits per heavy atom. The number of amides is 2. The van der Waals surface area contributed by atoms with Gasteiger partial charge in [-0.05, 0) is 38.3 Å². The van der Waals surface area contributed by atoms with E-state index in [-0.39, 0.29) is 24.3 Å². The fraction of sp³-hybridized carbons (Fsp3) is 0.409. The fourth-order valence-corrected chi connectivity index (χ4v) is 3.26. The molecule has 1 unspecified atom stereocenters. The number of Topliss-reactive ketones (excluding diaryl/α,β-unsaturated/α-hetero) is 1. The zero-order valence-electron chi connectivity index (χ0n) is 19.3. The molecule has 0 aliphatic heterocycles. The van der Waals surface area contributed by atoms with E-state index in [9.17, 15) is 41.4 Å². The van der Waals surface area contributed by atoms with Crippen LogP contribution in [0.15, 0.2) is 28.8 Å². The normalized spacial score (nSPS) is 13.9. The van der Waals surface area contributed by atoms with Crippen molar-refractivity contribution < 1.29 is 45.9 Å². The van der Waals surface area contributed by atoms with E-state index in [0.29, 0.717) is 6.07 Å². The minimum atomic E-state index is -4.63. The molecule has 0 radical (unpaired) electrons. The first kappa shape index (κ1) is 29.8. The lowest BCUT2D eigenvalue weighted by Gasteiger charge is -2.23. The lowest BCUT2D eigenvalue weighted by atomic mass is 10.0. The van der Waals surface area contributed by atoms with Crippen LogP contribution in [0.1, 0.15) is 43.2 Å². The van der Waals surface area contributed by atoms with Gasteiger partial charge < -0.3 is 25.9 Å². The molecule has 1 aromatic heterocycles. The molecular weight excluding hydrogens is 527 g/mol. The van der Waals surface area contributed by atoms with E-state index < -0.39 is 77.2 Å². The number of rotatable bonds is 12. The van der Waals surface area contributed by atoms with Crippen LogP contribution in [-0.2, 0) is 9.59 Å². The summed E-state index contributed by atoms with van der Waals surface area (Å²) in [7, 11) is 0. The summed E-state index contributed by atoms with van der Waals surface area (Å²) in [5, 5.41) is 14.0. The Hall–Kier alpha value is -3.46. The van der Waals surface area contributed by atoms with Gasteiger partial charge in [0.15, 0.2) is 0 Å². The maximum Gasteiger partial charge on any atom is 0.389 e. The van der Waals surface area contributed by atoms with Gasteiger partial charge in [0.1, 0.15) is 22.7 Å². The number of halogens is 5. The summed E-state index contributed by atoms with van der Waals surface area (Å²) in [5.41, 5.74) is 5.12. The standard InChI is InChI=1S/C22H23F5N4O5S/c1-10(32)2-3-15(19(34)30-14(17(33)18(28)37)4-5-22(25,26)27)31-20(35)16-9-29-21(36-16)11-6-12(23)8-13(24)7-11/h6-10,14-15,32H,2-5H2,1H3,(H2,28,37)(H,30,34)(H,31,35)/t10?,14-,15-/m0/s1. The first-order valence-corrected chi connectivity index (χ1v) is 11.2. The van der Waals surface area contributed by atoms with E-state index in [1.807, 2.05) is 0 Å². The number of benzene rings is 1. The number of carbonyl (C=O) groups is 3. The maximum atomic E-state index is 13.5. The van der Waals surface area contributed by atoms with Crippen LogP contribution in [0.5, 0.6) is 0 Å². The maximum absolute atomic E-state index is 13.5. The van der Waals surface area contributed by atoms with E-state index in [4.69, 9.17) is 10.2 Å². The van der Waals surface area contributed by atoms with Crippen LogP contribution < -0.4 is 16.4 Å². The molecule has 3 atom stereocenters. The van der Waals surface area contributed by atoms with Crippen LogP contribution in [-0.4, -0.2) is 57.0 Å². The lowest BCUT2D eigenvalue weighted by molar-refractivity contribution is -0.140. The minimum Gasteiger partial charge on any atom is -0.431 e. The molecule has 0 spiro atoms. The highest BCUT2D eigenvalue weighted by Crippen LogP contribution is 2.23. The molecule has 2 amide bonds. The van der Waals surface area contributed by atoms with Crippen molar-refractivity contribution in [3.05, 3.63) is 41.8 Å². The summed E-state index contributed by atoms with van der Waals surface area (Å²) in [6.45, 7) is 1.40. The van der Waals surface area contributed by atoms with Crippen molar-refractivity contribution >= 4 is 34.8 Å². The van der Waals surface area contributed by atoms with Gasteiger partial charge in [0, 0.05) is 18.1 Å². The predicted molar refractivity (Wildman–Crippen MR) is 123 cm³/mol. The SMILES string of the molecule is CC(O)CC[C@H](NC(=O)c1cnc(-c2cc(F)cc(F)c2)o1)C(=O)N[C@@H](CCC(F)(F)F)C(=O)C(N)=S. The number of hydrogen-bond donors (Lipinski definition) is 4. The Bertz CT molecular complexity index is 1130. The largest absolute Gasteiger partial charge is 0.431 e. The third kappa shape index (κ3) is 9.49. The van der Waals surface area contributed by atoms with Crippen LogP contribution in [0.25, 0.3) is 11.5 Å². The molecular formula is C22H23F5N4O5S. The third-order valence-corrected chi connectivity index (χ3v) is 5.13. The highest BCUT2D eigenvalue weighted by molar-refractivity contribution is 7.82. The predicted octanol–water partition coefficient (Wildman–Crippen LogP) is 2.56. The molecule has 0 saturated carbocycles. The fourth-order valence-electron chi connectivity index (χ4n) is 3.12. The van der Waals surface area contributed by atoms with Gasteiger partial charge >= 0.3 is 6.18 Å². The zero-order valence-corrected chi connectivity index (χ0v) is 20.1. The molecule has 0 aliphatic carbocycles. The van der Waals surface area contributed by atoms with Crippen LogP contribution in [0.4, 0.5) is 22.0 Å². The van der Waals surface area contributed by atoms with Crippen molar-refractivity contribution in [1.29, 1.82) is 0 Å². The number of aliphatic hydroxyl groups is 1. The van der Waals surface area contributed by atoms with Gasteiger partial charge in [-0.2, -0.15) is 13.2 Å². The molecule has 15 heteroatoms. The number of carbonyl (C=O) groups excluding carboxylic acids is 3.